The highest BCUT2D eigenvalue weighted by Gasteiger charge is 2.18. The molecule has 0 saturated carbocycles. The molecule has 0 N–H and O–H groups in total. The Morgan fingerprint density at radius 2 is 2.00 bits per heavy atom. The number of halogens is 2. The summed E-state index contributed by atoms with van der Waals surface area (Å²) in [6.07, 6.45) is 0. The van der Waals surface area contributed by atoms with Crippen LogP contribution in [0.1, 0.15) is 5.56 Å². The van der Waals surface area contributed by atoms with Gasteiger partial charge in [0.2, 0.25) is 5.75 Å². The highest BCUT2D eigenvalue weighted by Crippen LogP contribution is 2.37. The van der Waals surface area contributed by atoms with Crippen LogP contribution in [-0.2, 0) is 5.88 Å². The fraction of sp³-hybridized carbons (Fsp3) is 0.143. The normalized spacial score (nSPS) is 10.2. The molecule has 7 heteroatoms. The van der Waals surface area contributed by atoms with Crippen LogP contribution < -0.4 is 9.47 Å². The maximum absolute atomic E-state index is 11.1. The average Bonchev–Trinajstić information content (AvgIpc) is 2.48. The molecule has 0 bridgehead atoms. The van der Waals surface area contributed by atoms with Gasteiger partial charge in [0.15, 0.2) is 0 Å². The first-order valence-corrected chi connectivity index (χ1v) is 7.22. The Morgan fingerprint density at radius 3 is 2.57 bits per heavy atom. The van der Waals surface area contributed by atoms with E-state index in [4.69, 9.17) is 21.1 Å². The molecule has 0 radical (unpaired) electrons. The van der Waals surface area contributed by atoms with E-state index < -0.39 is 4.92 Å². The van der Waals surface area contributed by atoms with Crippen LogP contribution in [0.15, 0.2) is 40.9 Å². The van der Waals surface area contributed by atoms with E-state index in [9.17, 15) is 10.1 Å². The molecule has 0 fully saturated rings. The van der Waals surface area contributed by atoms with E-state index in [0.717, 1.165) is 5.56 Å². The number of nitro groups is 1. The first kappa shape index (κ1) is 15.6. The van der Waals surface area contributed by atoms with E-state index in [0.29, 0.717) is 21.9 Å². The summed E-state index contributed by atoms with van der Waals surface area (Å²) < 4.78 is 11.4. The van der Waals surface area contributed by atoms with Gasteiger partial charge in [0.1, 0.15) is 11.5 Å². The van der Waals surface area contributed by atoms with E-state index in [-0.39, 0.29) is 11.4 Å². The number of nitrogens with zero attached hydrogens (tertiary/aromatic N) is 1. The third-order valence-electron chi connectivity index (χ3n) is 2.73. The Bertz CT molecular complexity index is 678. The molecule has 0 unspecified atom stereocenters. The van der Waals surface area contributed by atoms with Crippen LogP contribution in [0.2, 0.25) is 0 Å². The van der Waals surface area contributed by atoms with Crippen LogP contribution in [-0.4, -0.2) is 12.0 Å². The first-order chi connectivity index (χ1) is 10.0. The van der Waals surface area contributed by atoms with Gasteiger partial charge in [-0.2, -0.15) is 0 Å². The van der Waals surface area contributed by atoms with Crippen LogP contribution in [0.3, 0.4) is 0 Å². The summed E-state index contributed by atoms with van der Waals surface area (Å²) in [4.78, 5) is 10.5. The molecular weight excluding hydrogens is 362 g/mol. The third-order valence-corrected chi connectivity index (χ3v) is 3.66. The van der Waals surface area contributed by atoms with E-state index in [2.05, 4.69) is 15.9 Å². The zero-order valence-electron chi connectivity index (χ0n) is 11.0. The zero-order chi connectivity index (χ0) is 15.4. The lowest BCUT2D eigenvalue weighted by Crippen LogP contribution is -1.95. The Morgan fingerprint density at radius 1 is 1.24 bits per heavy atom. The molecule has 0 amide bonds. The van der Waals surface area contributed by atoms with Gasteiger partial charge in [-0.15, -0.1) is 11.6 Å². The molecule has 2 rings (SSSR count). The van der Waals surface area contributed by atoms with Crippen LogP contribution in [0, 0.1) is 10.1 Å². The lowest BCUT2D eigenvalue weighted by atomic mass is 10.2. The smallest absolute Gasteiger partial charge is 0.311 e. The summed E-state index contributed by atoms with van der Waals surface area (Å²) in [5.74, 6) is 1.42. The summed E-state index contributed by atoms with van der Waals surface area (Å²) in [7, 11) is 1.48. The lowest BCUT2D eigenvalue weighted by molar-refractivity contribution is -0.385. The standard InChI is InChI=1S/C14H11BrClNO4/c1-20-10-3-4-12(17(18)19)14(7-10)21-13-5-2-9(8-16)6-11(13)15/h2-7H,8H2,1H3. The van der Waals surface area contributed by atoms with Gasteiger partial charge in [-0.1, -0.05) is 6.07 Å². The largest absolute Gasteiger partial charge is 0.497 e. The van der Waals surface area contributed by atoms with Crippen molar-refractivity contribution in [2.75, 3.05) is 7.11 Å². The molecule has 0 spiro atoms. The van der Waals surface area contributed by atoms with Gasteiger partial charge in [-0.25, -0.2) is 0 Å². The molecule has 110 valence electrons. The molecule has 0 saturated heterocycles. The molecule has 0 aliphatic heterocycles. The number of rotatable bonds is 5. The van der Waals surface area contributed by atoms with Gasteiger partial charge in [-0.05, 0) is 39.7 Å². The van der Waals surface area contributed by atoms with Crippen LogP contribution >= 0.6 is 27.5 Å². The fourth-order valence-electron chi connectivity index (χ4n) is 1.68. The Hall–Kier alpha value is -1.79. The summed E-state index contributed by atoms with van der Waals surface area (Å²) in [5, 5.41) is 11.1. The third kappa shape index (κ3) is 3.65. The summed E-state index contributed by atoms with van der Waals surface area (Å²) >= 11 is 9.11. The van der Waals surface area contributed by atoms with Gasteiger partial charge >= 0.3 is 5.69 Å². The number of hydrogen-bond donors (Lipinski definition) is 0. The molecule has 2 aromatic carbocycles. The van der Waals surface area contributed by atoms with Crippen molar-refractivity contribution >= 4 is 33.2 Å². The van der Waals surface area contributed by atoms with Crippen LogP contribution in [0.25, 0.3) is 0 Å². The first-order valence-electron chi connectivity index (χ1n) is 5.90. The molecule has 0 aliphatic rings. The van der Waals surface area contributed by atoms with Crippen LogP contribution in [0.4, 0.5) is 5.69 Å². The molecular formula is C14H11BrClNO4. The molecule has 0 heterocycles. The van der Waals surface area contributed by atoms with Crippen molar-refractivity contribution in [2.45, 2.75) is 5.88 Å². The zero-order valence-corrected chi connectivity index (χ0v) is 13.3. The Labute approximate surface area is 134 Å². The van der Waals surface area contributed by atoms with E-state index in [1.807, 2.05) is 0 Å². The van der Waals surface area contributed by atoms with Crippen LogP contribution in [0.5, 0.6) is 17.2 Å². The number of ether oxygens (including phenoxy) is 2. The Kier molecular flexibility index (Phi) is 5.03. The van der Waals surface area contributed by atoms with Crippen molar-refractivity contribution in [1.82, 2.24) is 0 Å². The second-order valence-electron chi connectivity index (χ2n) is 4.09. The molecule has 21 heavy (non-hydrogen) atoms. The van der Waals surface area contributed by atoms with Gasteiger partial charge in [-0.3, -0.25) is 10.1 Å². The number of methoxy groups -OCH3 is 1. The summed E-state index contributed by atoms with van der Waals surface area (Å²) in [6.45, 7) is 0. The van der Waals surface area contributed by atoms with Gasteiger partial charge in [0.05, 0.1) is 16.5 Å². The van der Waals surface area contributed by atoms with Crippen molar-refractivity contribution in [1.29, 1.82) is 0 Å². The van der Waals surface area contributed by atoms with Crippen molar-refractivity contribution in [3.05, 3.63) is 56.5 Å². The fourth-order valence-corrected chi connectivity index (χ4v) is 2.36. The van der Waals surface area contributed by atoms with E-state index in [1.165, 1.54) is 25.3 Å². The molecule has 2 aromatic rings. The quantitative estimate of drug-likeness (QED) is 0.425. The van der Waals surface area contributed by atoms with E-state index in [1.54, 1.807) is 18.2 Å². The highest BCUT2D eigenvalue weighted by molar-refractivity contribution is 9.10. The topological polar surface area (TPSA) is 61.6 Å². The second kappa shape index (κ2) is 6.78. The molecule has 5 nitrogen and oxygen atoms in total. The number of hydrogen-bond acceptors (Lipinski definition) is 4. The van der Waals surface area contributed by atoms with E-state index >= 15 is 0 Å². The molecule has 0 aliphatic carbocycles. The van der Waals surface area contributed by atoms with Crippen molar-refractivity contribution in [2.24, 2.45) is 0 Å². The second-order valence-corrected chi connectivity index (χ2v) is 5.21. The number of nitro benzene ring substituents is 1. The lowest BCUT2D eigenvalue weighted by Gasteiger charge is -2.10. The van der Waals surface area contributed by atoms with Crippen molar-refractivity contribution in [3.63, 3.8) is 0 Å². The predicted molar refractivity (Wildman–Crippen MR) is 83.4 cm³/mol. The number of benzene rings is 2. The van der Waals surface area contributed by atoms with Gasteiger partial charge in [0.25, 0.3) is 0 Å². The van der Waals surface area contributed by atoms with Crippen molar-refractivity contribution < 1.29 is 14.4 Å². The minimum atomic E-state index is -0.504. The monoisotopic (exact) mass is 371 g/mol. The van der Waals surface area contributed by atoms with Gasteiger partial charge < -0.3 is 9.47 Å². The maximum Gasteiger partial charge on any atom is 0.311 e. The Balaban J connectivity index is 2.40. The molecule has 0 atom stereocenters. The minimum absolute atomic E-state index is 0.110. The summed E-state index contributed by atoms with van der Waals surface area (Å²) in [5.41, 5.74) is 0.778. The minimum Gasteiger partial charge on any atom is -0.497 e. The predicted octanol–water partition coefficient (Wildman–Crippen LogP) is 4.90. The molecule has 0 aromatic heterocycles. The summed E-state index contributed by atoms with van der Waals surface area (Å²) in [6, 6.07) is 9.62. The average molecular weight is 373 g/mol. The highest BCUT2D eigenvalue weighted by atomic mass is 79.9. The number of alkyl halides is 1. The SMILES string of the molecule is COc1ccc([N+](=O)[O-])c(Oc2ccc(CCl)cc2Br)c1. The van der Waals surface area contributed by atoms with Gasteiger partial charge in [0, 0.05) is 18.0 Å². The maximum atomic E-state index is 11.1. The van der Waals surface area contributed by atoms with Crippen molar-refractivity contribution in [3.8, 4) is 17.2 Å².